The molecule has 4 aromatic rings. The van der Waals surface area contributed by atoms with Crippen molar-refractivity contribution in [3.8, 4) is 5.75 Å². The standard InChI is InChI=1S/C25H25Cl2N5O3/c1-4-35-18-8-6-17(7-9-18)30-12-15(2)13-31-21-22(28-24(30)31)29(3)25(34)32(23(21)33)14-16-5-10-19(26)20(27)11-16/h5-11,15H,4,12-14H2,1-3H3/t15-/m1/s1. The Morgan fingerprint density at radius 2 is 1.80 bits per heavy atom. The number of anilines is 2. The summed E-state index contributed by atoms with van der Waals surface area (Å²) in [5, 5.41) is 0.788. The lowest BCUT2D eigenvalue weighted by atomic mass is 10.1. The highest BCUT2D eigenvalue weighted by molar-refractivity contribution is 6.42. The minimum absolute atomic E-state index is 0.0804. The number of aryl methyl sites for hydroxylation is 1. The van der Waals surface area contributed by atoms with Gasteiger partial charge in [-0.3, -0.25) is 13.9 Å². The number of benzene rings is 2. The van der Waals surface area contributed by atoms with E-state index >= 15 is 0 Å². The molecule has 0 fully saturated rings. The van der Waals surface area contributed by atoms with Gasteiger partial charge in [0.05, 0.1) is 23.2 Å². The first kappa shape index (κ1) is 23.5. The Bertz CT molecular complexity index is 1540. The van der Waals surface area contributed by atoms with Gasteiger partial charge in [0.2, 0.25) is 5.95 Å². The van der Waals surface area contributed by atoms with E-state index in [1.54, 1.807) is 25.2 Å². The molecule has 0 N–H and O–H groups in total. The van der Waals surface area contributed by atoms with E-state index in [0.717, 1.165) is 18.0 Å². The number of hydrogen-bond donors (Lipinski definition) is 0. The van der Waals surface area contributed by atoms with Gasteiger partial charge in [-0.05, 0) is 54.8 Å². The molecule has 2 aromatic carbocycles. The highest BCUT2D eigenvalue weighted by Crippen LogP contribution is 2.33. The van der Waals surface area contributed by atoms with Crippen LogP contribution in [-0.2, 0) is 20.1 Å². The lowest BCUT2D eigenvalue weighted by Crippen LogP contribution is -2.40. The minimum Gasteiger partial charge on any atom is -0.494 e. The van der Waals surface area contributed by atoms with Crippen LogP contribution in [0.15, 0.2) is 52.1 Å². The van der Waals surface area contributed by atoms with Gasteiger partial charge in [0.1, 0.15) is 5.75 Å². The molecule has 1 atom stereocenters. The zero-order valence-corrected chi connectivity index (χ0v) is 21.2. The Morgan fingerprint density at radius 3 is 2.49 bits per heavy atom. The summed E-state index contributed by atoms with van der Waals surface area (Å²) < 4.78 is 10.1. The summed E-state index contributed by atoms with van der Waals surface area (Å²) in [6.45, 7) is 6.12. The number of imidazole rings is 1. The molecule has 0 spiro atoms. The predicted molar refractivity (Wildman–Crippen MR) is 139 cm³/mol. The predicted octanol–water partition coefficient (Wildman–Crippen LogP) is 4.44. The van der Waals surface area contributed by atoms with Gasteiger partial charge in [-0.15, -0.1) is 0 Å². The van der Waals surface area contributed by atoms with Crippen LogP contribution >= 0.6 is 23.2 Å². The second-order valence-corrected chi connectivity index (χ2v) is 9.63. The molecule has 182 valence electrons. The molecule has 8 nitrogen and oxygen atoms in total. The molecule has 2 aromatic heterocycles. The Hall–Kier alpha value is -3.23. The van der Waals surface area contributed by atoms with Crippen LogP contribution in [0.1, 0.15) is 19.4 Å². The fourth-order valence-electron chi connectivity index (χ4n) is 4.57. The zero-order valence-electron chi connectivity index (χ0n) is 19.7. The maximum atomic E-state index is 13.7. The number of nitrogens with zero attached hydrogens (tertiary/aromatic N) is 5. The first-order chi connectivity index (χ1) is 16.8. The highest BCUT2D eigenvalue weighted by Gasteiger charge is 2.30. The monoisotopic (exact) mass is 513 g/mol. The SMILES string of the molecule is CCOc1ccc(N2C[C@@H](C)Cn3c2nc2c3c(=O)n(Cc3ccc(Cl)c(Cl)c3)c(=O)n2C)cc1. The van der Waals surface area contributed by atoms with Crippen molar-refractivity contribution in [3.05, 3.63) is 78.9 Å². The molecule has 0 radical (unpaired) electrons. The van der Waals surface area contributed by atoms with Crippen molar-refractivity contribution in [1.82, 2.24) is 18.7 Å². The van der Waals surface area contributed by atoms with Gasteiger partial charge in [0.25, 0.3) is 5.56 Å². The molecule has 0 saturated carbocycles. The number of halogens is 2. The quantitative estimate of drug-likeness (QED) is 0.394. The highest BCUT2D eigenvalue weighted by atomic mass is 35.5. The molecule has 0 aliphatic carbocycles. The maximum Gasteiger partial charge on any atom is 0.332 e. The van der Waals surface area contributed by atoms with Crippen molar-refractivity contribution < 1.29 is 4.74 Å². The number of rotatable bonds is 5. The van der Waals surface area contributed by atoms with E-state index in [2.05, 4.69) is 11.8 Å². The van der Waals surface area contributed by atoms with Crippen molar-refractivity contribution >= 4 is 46.0 Å². The van der Waals surface area contributed by atoms with E-state index in [-0.39, 0.29) is 18.0 Å². The summed E-state index contributed by atoms with van der Waals surface area (Å²) in [4.78, 5) is 33.7. The first-order valence-corrected chi connectivity index (χ1v) is 12.2. The number of aromatic nitrogens is 4. The van der Waals surface area contributed by atoms with Crippen LogP contribution in [-0.4, -0.2) is 31.8 Å². The Labute approximate surface area is 211 Å². The first-order valence-electron chi connectivity index (χ1n) is 11.4. The Balaban J connectivity index is 1.65. The van der Waals surface area contributed by atoms with Crippen LogP contribution in [0.3, 0.4) is 0 Å². The number of fused-ring (bicyclic) bond motifs is 3. The molecule has 35 heavy (non-hydrogen) atoms. The summed E-state index contributed by atoms with van der Waals surface area (Å²) >= 11 is 12.2. The number of ether oxygens (including phenoxy) is 1. The van der Waals surface area contributed by atoms with E-state index in [9.17, 15) is 9.59 Å². The summed E-state index contributed by atoms with van der Waals surface area (Å²) in [5.74, 6) is 1.69. The van der Waals surface area contributed by atoms with E-state index in [4.69, 9.17) is 32.9 Å². The lowest BCUT2D eigenvalue weighted by Gasteiger charge is -2.33. The molecule has 3 heterocycles. The van der Waals surface area contributed by atoms with Gasteiger partial charge in [-0.1, -0.05) is 36.2 Å². The van der Waals surface area contributed by atoms with Crippen LogP contribution in [0.4, 0.5) is 11.6 Å². The van der Waals surface area contributed by atoms with Gasteiger partial charge in [-0.25, -0.2) is 4.79 Å². The summed E-state index contributed by atoms with van der Waals surface area (Å²) in [6, 6.07) is 12.9. The van der Waals surface area contributed by atoms with Crippen molar-refractivity contribution in [1.29, 1.82) is 0 Å². The fourth-order valence-corrected chi connectivity index (χ4v) is 4.89. The molecule has 0 saturated heterocycles. The van der Waals surface area contributed by atoms with Crippen LogP contribution in [0.25, 0.3) is 11.2 Å². The second-order valence-electron chi connectivity index (χ2n) is 8.82. The average Bonchev–Trinajstić information content (AvgIpc) is 3.22. The van der Waals surface area contributed by atoms with Gasteiger partial charge >= 0.3 is 5.69 Å². The van der Waals surface area contributed by atoms with Gasteiger partial charge in [0, 0.05) is 25.8 Å². The largest absolute Gasteiger partial charge is 0.494 e. The summed E-state index contributed by atoms with van der Waals surface area (Å²) in [5.41, 5.74) is 1.60. The molecule has 0 amide bonds. The molecular weight excluding hydrogens is 489 g/mol. The molecule has 0 bridgehead atoms. The van der Waals surface area contributed by atoms with E-state index in [0.29, 0.717) is 45.9 Å². The van der Waals surface area contributed by atoms with Gasteiger partial charge < -0.3 is 14.2 Å². The third-order valence-corrected chi connectivity index (χ3v) is 6.97. The molecule has 5 rings (SSSR count). The van der Waals surface area contributed by atoms with Crippen molar-refractivity contribution in [2.45, 2.75) is 26.9 Å². The molecular formula is C25H25Cl2N5O3. The van der Waals surface area contributed by atoms with E-state index in [1.165, 1.54) is 9.13 Å². The topological polar surface area (TPSA) is 74.3 Å². The van der Waals surface area contributed by atoms with E-state index in [1.807, 2.05) is 35.8 Å². The average molecular weight is 514 g/mol. The van der Waals surface area contributed by atoms with Crippen LogP contribution < -0.4 is 20.9 Å². The maximum absolute atomic E-state index is 13.7. The van der Waals surface area contributed by atoms with Crippen LogP contribution in [0.5, 0.6) is 5.75 Å². The third kappa shape index (κ3) is 4.10. The number of hydrogen-bond acceptors (Lipinski definition) is 5. The van der Waals surface area contributed by atoms with Crippen molar-refractivity contribution in [3.63, 3.8) is 0 Å². The lowest BCUT2D eigenvalue weighted by molar-refractivity contribution is 0.340. The minimum atomic E-state index is -0.440. The fraction of sp³-hybridized carbons (Fsp3) is 0.320. The Morgan fingerprint density at radius 1 is 1.06 bits per heavy atom. The van der Waals surface area contributed by atoms with E-state index < -0.39 is 5.69 Å². The van der Waals surface area contributed by atoms with Gasteiger partial charge in [0.15, 0.2) is 11.2 Å². The van der Waals surface area contributed by atoms with Crippen LogP contribution in [0.2, 0.25) is 10.0 Å². The van der Waals surface area contributed by atoms with Crippen molar-refractivity contribution in [2.24, 2.45) is 13.0 Å². The normalized spacial score (nSPS) is 15.5. The van der Waals surface area contributed by atoms with Crippen molar-refractivity contribution in [2.75, 3.05) is 18.1 Å². The zero-order chi connectivity index (χ0) is 24.9. The molecule has 0 unspecified atom stereocenters. The molecule has 1 aliphatic heterocycles. The Kier molecular flexibility index (Phi) is 6.11. The summed E-state index contributed by atoms with van der Waals surface area (Å²) in [7, 11) is 1.64. The van der Waals surface area contributed by atoms with Crippen LogP contribution in [0, 0.1) is 5.92 Å². The molecule has 10 heteroatoms. The molecule has 1 aliphatic rings. The third-order valence-electron chi connectivity index (χ3n) is 6.23. The van der Waals surface area contributed by atoms with Gasteiger partial charge in [-0.2, -0.15) is 4.98 Å². The second kappa shape index (κ2) is 9.09. The summed E-state index contributed by atoms with van der Waals surface area (Å²) in [6.07, 6.45) is 0. The smallest absolute Gasteiger partial charge is 0.332 e.